The number of rotatable bonds is 5. The molecule has 0 aromatic heterocycles. The summed E-state index contributed by atoms with van der Waals surface area (Å²) in [7, 11) is 0. The van der Waals surface area contributed by atoms with E-state index in [1.165, 1.54) is 0 Å². The zero-order valence-corrected chi connectivity index (χ0v) is 9.78. The molecule has 0 saturated carbocycles. The van der Waals surface area contributed by atoms with Crippen molar-refractivity contribution in [2.75, 3.05) is 24.6 Å². The van der Waals surface area contributed by atoms with Crippen LogP contribution in [0.15, 0.2) is 0 Å². The summed E-state index contributed by atoms with van der Waals surface area (Å²) in [6.07, 6.45) is 2.81. The van der Waals surface area contributed by atoms with E-state index >= 15 is 0 Å². The molecule has 1 aliphatic heterocycles. The molecule has 0 amide bonds. The highest BCUT2D eigenvalue weighted by molar-refractivity contribution is 7.99. The first-order chi connectivity index (χ1) is 6.62. The molecule has 0 aromatic carbocycles. The van der Waals surface area contributed by atoms with E-state index in [4.69, 9.17) is 5.73 Å². The molecule has 14 heavy (non-hydrogen) atoms. The number of nitrogens with two attached hydrogens (primary N) is 1. The molecular weight excluding hydrogens is 196 g/mol. The second-order valence-corrected chi connectivity index (χ2v) is 5.40. The quantitative estimate of drug-likeness (QED) is 0.591. The normalized spacial score (nSPS) is 23.4. The number of aliphatic hydroxyl groups is 1. The minimum atomic E-state index is -0.423. The van der Waals surface area contributed by atoms with Crippen LogP contribution in [0.25, 0.3) is 0 Å². The lowest BCUT2D eigenvalue weighted by molar-refractivity contribution is 0.0339. The molecule has 4 N–H and O–H groups in total. The van der Waals surface area contributed by atoms with Crippen molar-refractivity contribution in [2.24, 2.45) is 5.73 Å². The minimum absolute atomic E-state index is 0.283. The molecule has 0 bridgehead atoms. The molecule has 1 fully saturated rings. The molecule has 1 rings (SSSR count). The number of piperidine rings is 1. The Bertz CT molecular complexity index is 158. The van der Waals surface area contributed by atoms with Crippen molar-refractivity contribution in [3.8, 4) is 0 Å². The predicted molar refractivity (Wildman–Crippen MR) is 62.6 cm³/mol. The molecule has 4 heteroatoms. The molecule has 1 aliphatic rings. The van der Waals surface area contributed by atoms with Crippen molar-refractivity contribution in [1.29, 1.82) is 0 Å². The van der Waals surface area contributed by atoms with Gasteiger partial charge in [0.05, 0.1) is 5.60 Å². The Morgan fingerprint density at radius 2 is 2.14 bits per heavy atom. The van der Waals surface area contributed by atoms with E-state index in [-0.39, 0.29) is 6.04 Å². The summed E-state index contributed by atoms with van der Waals surface area (Å²) < 4.78 is 0. The van der Waals surface area contributed by atoms with Gasteiger partial charge in [-0.2, -0.15) is 11.8 Å². The van der Waals surface area contributed by atoms with Crippen LogP contribution in [0.2, 0.25) is 0 Å². The molecule has 0 radical (unpaired) electrons. The Labute approximate surface area is 90.8 Å². The van der Waals surface area contributed by atoms with Crippen molar-refractivity contribution in [1.82, 2.24) is 5.32 Å². The summed E-state index contributed by atoms with van der Waals surface area (Å²) in [5.74, 6) is 1.93. The fourth-order valence-corrected chi connectivity index (χ4v) is 2.92. The van der Waals surface area contributed by atoms with Gasteiger partial charge >= 0.3 is 0 Å². The van der Waals surface area contributed by atoms with Crippen LogP contribution in [0.1, 0.15) is 26.2 Å². The number of hydrogen-bond acceptors (Lipinski definition) is 4. The summed E-state index contributed by atoms with van der Waals surface area (Å²) in [5, 5.41) is 13.4. The van der Waals surface area contributed by atoms with Gasteiger partial charge in [-0.05, 0) is 45.0 Å². The average Bonchev–Trinajstić information content (AvgIpc) is 2.14. The minimum Gasteiger partial charge on any atom is -0.389 e. The molecule has 1 unspecified atom stereocenters. The zero-order chi connectivity index (χ0) is 10.4. The van der Waals surface area contributed by atoms with Gasteiger partial charge in [-0.3, -0.25) is 0 Å². The Morgan fingerprint density at radius 3 is 2.71 bits per heavy atom. The van der Waals surface area contributed by atoms with E-state index in [2.05, 4.69) is 5.32 Å². The Kier molecular flexibility index (Phi) is 5.23. The van der Waals surface area contributed by atoms with Crippen molar-refractivity contribution < 1.29 is 5.11 Å². The van der Waals surface area contributed by atoms with Gasteiger partial charge in [-0.1, -0.05) is 0 Å². The maximum atomic E-state index is 10.1. The summed E-state index contributed by atoms with van der Waals surface area (Å²) in [6, 6.07) is 0.283. The Morgan fingerprint density at radius 1 is 1.50 bits per heavy atom. The molecule has 1 atom stereocenters. The SMILES string of the molecule is CC(N)CCSCC1(O)CCNCC1. The first-order valence-corrected chi connectivity index (χ1v) is 6.54. The second kappa shape index (κ2) is 5.95. The van der Waals surface area contributed by atoms with Crippen LogP contribution in [-0.4, -0.2) is 41.3 Å². The first kappa shape index (κ1) is 12.3. The van der Waals surface area contributed by atoms with E-state index in [0.717, 1.165) is 43.9 Å². The second-order valence-electron chi connectivity index (χ2n) is 4.29. The van der Waals surface area contributed by atoms with Gasteiger partial charge in [-0.25, -0.2) is 0 Å². The highest BCUT2D eigenvalue weighted by Gasteiger charge is 2.28. The summed E-state index contributed by atoms with van der Waals surface area (Å²) in [4.78, 5) is 0. The molecule has 1 saturated heterocycles. The zero-order valence-electron chi connectivity index (χ0n) is 8.96. The van der Waals surface area contributed by atoms with E-state index in [9.17, 15) is 5.11 Å². The average molecular weight is 218 g/mol. The summed E-state index contributed by atoms with van der Waals surface area (Å²) >= 11 is 1.83. The molecule has 0 spiro atoms. The fraction of sp³-hybridized carbons (Fsp3) is 1.00. The lowest BCUT2D eigenvalue weighted by Crippen LogP contribution is -2.43. The van der Waals surface area contributed by atoms with E-state index < -0.39 is 5.60 Å². The van der Waals surface area contributed by atoms with Crippen molar-refractivity contribution in [3.63, 3.8) is 0 Å². The van der Waals surface area contributed by atoms with E-state index in [1.807, 2.05) is 18.7 Å². The van der Waals surface area contributed by atoms with Crippen LogP contribution in [0.4, 0.5) is 0 Å². The Hall–Kier alpha value is 0.230. The lowest BCUT2D eigenvalue weighted by atomic mass is 9.95. The smallest absolute Gasteiger partial charge is 0.0761 e. The van der Waals surface area contributed by atoms with Gasteiger partial charge < -0.3 is 16.2 Å². The number of hydrogen-bond donors (Lipinski definition) is 3. The van der Waals surface area contributed by atoms with Gasteiger partial charge in [-0.15, -0.1) is 0 Å². The monoisotopic (exact) mass is 218 g/mol. The van der Waals surface area contributed by atoms with Gasteiger partial charge in [0.15, 0.2) is 0 Å². The third-order valence-corrected chi connectivity index (χ3v) is 3.89. The van der Waals surface area contributed by atoms with Gasteiger partial charge in [0.1, 0.15) is 0 Å². The largest absolute Gasteiger partial charge is 0.389 e. The maximum absolute atomic E-state index is 10.1. The molecule has 0 aromatic rings. The van der Waals surface area contributed by atoms with Crippen molar-refractivity contribution in [2.45, 2.75) is 37.8 Å². The number of nitrogens with one attached hydrogen (secondary N) is 1. The topological polar surface area (TPSA) is 58.3 Å². The third-order valence-electron chi connectivity index (χ3n) is 2.62. The standard InChI is InChI=1S/C10H22N2OS/c1-9(11)2-7-14-8-10(13)3-5-12-6-4-10/h9,12-13H,2-8,11H2,1H3. The van der Waals surface area contributed by atoms with Crippen LogP contribution in [0.3, 0.4) is 0 Å². The fourth-order valence-electron chi connectivity index (χ4n) is 1.57. The third kappa shape index (κ3) is 4.64. The summed E-state index contributed by atoms with van der Waals surface area (Å²) in [5.41, 5.74) is 5.24. The molecule has 84 valence electrons. The van der Waals surface area contributed by atoms with Gasteiger partial charge in [0.2, 0.25) is 0 Å². The maximum Gasteiger partial charge on any atom is 0.0761 e. The predicted octanol–water partition coefficient (Wildman–Crippen LogP) is 0.571. The van der Waals surface area contributed by atoms with Crippen LogP contribution in [-0.2, 0) is 0 Å². The molecule has 1 heterocycles. The van der Waals surface area contributed by atoms with Gasteiger partial charge in [0, 0.05) is 11.8 Å². The van der Waals surface area contributed by atoms with Crippen molar-refractivity contribution in [3.05, 3.63) is 0 Å². The lowest BCUT2D eigenvalue weighted by Gasteiger charge is -2.32. The van der Waals surface area contributed by atoms with Crippen LogP contribution in [0, 0.1) is 0 Å². The van der Waals surface area contributed by atoms with E-state index in [1.54, 1.807) is 0 Å². The van der Waals surface area contributed by atoms with E-state index in [0.29, 0.717) is 0 Å². The van der Waals surface area contributed by atoms with Crippen LogP contribution in [0.5, 0.6) is 0 Å². The Balaban J connectivity index is 2.09. The molecular formula is C10H22N2OS. The number of thioether (sulfide) groups is 1. The van der Waals surface area contributed by atoms with Crippen molar-refractivity contribution >= 4 is 11.8 Å². The van der Waals surface area contributed by atoms with Crippen LogP contribution >= 0.6 is 11.8 Å². The highest BCUT2D eigenvalue weighted by Crippen LogP contribution is 2.23. The van der Waals surface area contributed by atoms with Crippen LogP contribution < -0.4 is 11.1 Å². The molecule has 0 aliphatic carbocycles. The van der Waals surface area contributed by atoms with Gasteiger partial charge in [0.25, 0.3) is 0 Å². The highest BCUT2D eigenvalue weighted by atomic mass is 32.2. The first-order valence-electron chi connectivity index (χ1n) is 5.39. The molecule has 3 nitrogen and oxygen atoms in total. The summed E-state index contributed by atoms with van der Waals surface area (Å²) in [6.45, 7) is 3.93.